The van der Waals surface area contributed by atoms with Crippen LogP contribution in [0.3, 0.4) is 0 Å². The first kappa shape index (κ1) is 18.0. The Balaban J connectivity index is 1.47. The molecule has 5 heteroatoms. The van der Waals surface area contributed by atoms with Crippen molar-refractivity contribution >= 4 is 22.4 Å². The molecule has 3 aromatic rings. The summed E-state index contributed by atoms with van der Waals surface area (Å²) in [5.41, 5.74) is 3.03. The normalized spacial score (nSPS) is 20.5. The van der Waals surface area contributed by atoms with Crippen LogP contribution in [0.4, 0.5) is 5.69 Å². The van der Waals surface area contributed by atoms with Crippen LogP contribution in [0.5, 0.6) is 11.5 Å². The maximum Gasteiger partial charge on any atom is 0.263 e. The number of benzene rings is 3. The first-order valence-corrected chi connectivity index (χ1v) is 10.1. The van der Waals surface area contributed by atoms with Gasteiger partial charge in [0.2, 0.25) is 0 Å². The number of anilines is 1. The summed E-state index contributed by atoms with van der Waals surface area (Å²) in [6.07, 6.45) is 2.21. The first-order valence-electron chi connectivity index (χ1n) is 10.1. The number of amides is 1. The first-order chi connectivity index (χ1) is 14.2. The summed E-state index contributed by atoms with van der Waals surface area (Å²) in [5.74, 6) is 1.76. The van der Waals surface area contributed by atoms with E-state index in [1.54, 1.807) is 14.2 Å². The van der Waals surface area contributed by atoms with Gasteiger partial charge in [-0.25, -0.2) is 0 Å². The maximum absolute atomic E-state index is 13.2. The number of hydrogen-bond donors (Lipinski definition) is 1. The van der Waals surface area contributed by atoms with E-state index >= 15 is 0 Å². The number of nitrogens with one attached hydrogen (secondary N) is 1. The second-order valence-electron chi connectivity index (χ2n) is 7.78. The lowest BCUT2D eigenvalue weighted by Crippen LogP contribution is -3.12. The molecule has 0 bridgehead atoms. The molecule has 1 saturated heterocycles. The highest BCUT2D eigenvalue weighted by Gasteiger charge is 2.38. The van der Waals surface area contributed by atoms with Crippen molar-refractivity contribution in [3.05, 3.63) is 65.7 Å². The highest BCUT2D eigenvalue weighted by molar-refractivity contribution is 6.24. The van der Waals surface area contributed by atoms with E-state index in [9.17, 15) is 4.79 Å². The third kappa shape index (κ3) is 2.85. The fourth-order valence-corrected chi connectivity index (χ4v) is 4.92. The summed E-state index contributed by atoms with van der Waals surface area (Å²) in [5, 5.41) is 2.21. The lowest BCUT2D eigenvalue weighted by molar-refractivity contribution is -0.917. The lowest BCUT2D eigenvalue weighted by atomic mass is 10.0. The van der Waals surface area contributed by atoms with E-state index in [-0.39, 0.29) is 5.91 Å². The predicted molar refractivity (Wildman–Crippen MR) is 113 cm³/mol. The summed E-state index contributed by atoms with van der Waals surface area (Å²) in [4.78, 5) is 16.5. The molecule has 2 aliphatic rings. The highest BCUT2D eigenvalue weighted by atomic mass is 16.5. The van der Waals surface area contributed by atoms with E-state index in [0.29, 0.717) is 12.7 Å². The van der Waals surface area contributed by atoms with E-state index in [2.05, 4.69) is 24.3 Å². The third-order valence-electron chi connectivity index (χ3n) is 6.31. The smallest absolute Gasteiger partial charge is 0.263 e. The molecule has 0 radical (unpaired) electrons. The average molecular weight is 389 g/mol. The molecule has 1 unspecified atom stereocenters. The van der Waals surface area contributed by atoms with Gasteiger partial charge in [-0.2, -0.15) is 0 Å². The van der Waals surface area contributed by atoms with Gasteiger partial charge in [-0.05, 0) is 29.7 Å². The monoisotopic (exact) mass is 389 g/mol. The maximum atomic E-state index is 13.2. The summed E-state index contributed by atoms with van der Waals surface area (Å²) in [6, 6.07) is 18.5. The zero-order valence-electron chi connectivity index (χ0n) is 16.8. The van der Waals surface area contributed by atoms with Crippen LogP contribution in [0.15, 0.2) is 54.6 Å². The molecule has 2 aliphatic heterocycles. The van der Waals surface area contributed by atoms with Crippen LogP contribution in [0.25, 0.3) is 10.8 Å². The van der Waals surface area contributed by atoms with Crippen LogP contribution in [0, 0.1) is 0 Å². The Morgan fingerprint density at radius 2 is 1.90 bits per heavy atom. The zero-order chi connectivity index (χ0) is 20.0. The Morgan fingerprint density at radius 3 is 2.69 bits per heavy atom. The van der Waals surface area contributed by atoms with E-state index in [1.165, 1.54) is 10.5 Å². The summed E-state index contributed by atoms with van der Waals surface area (Å²) >= 11 is 0. The number of carbonyl (C=O) groups is 1. The van der Waals surface area contributed by atoms with Gasteiger partial charge in [-0.3, -0.25) is 9.69 Å². The molecular formula is C24H25N2O3+. The van der Waals surface area contributed by atoms with Gasteiger partial charge in [0.15, 0.2) is 6.67 Å². The largest absolute Gasteiger partial charge is 0.497 e. The molecule has 0 aliphatic carbocycles. The zero-order valence-corrected chi connectivity index (χ0v) is 16.8. The molecule has 1 N–H and O–H groups in total. The standard InChI is InChI=1S/C24H24N2O3/c1-28-17-11-12-18(22(14-17)29-2)20-10-5-13-25(20)15-26-21-9-4-7-16-6-3-8-19(23(16)21)24(26)27/h3-4,6-9,11-12,14,20H,5,10,13,15H2,1-2H3/p+1/t20-/m0/s1. The van der Waals surface area contributed by atoms with Crippen molar-refractivity contribution in [1.82, 2.24) is 0 Å². The van der Waals surface area contributed by atoms with E-state index in [1.807, 2.05) is 35.2 Å². The molecular weight excluding hydrogens is 364 g/mol. The molecule has 1 amide bonds. The molecule has 5 nitrogen and oxygen atoms in total. The number of nitrogens with zero attached hydrogens (tertiary/aromatic N) is 1. The molecule has 2 atom stereocenters. The number of quaternary nitrogens is 1. The van der Waals surface area contributed by atoms with Crippen molar-refractivity contribution in [3.63, 3.8) is 0 Å². The van der Waals surface area contributed by atoms with Crippen molar-refractivity contribution in [3.8, 4) is 11.5 Å². The predicted octanol–water partition coefficient (Wildman–Crippen LogP) is 3.19. The van der Waals surface area contributed by atoms with Gasteiger partial charge in [-0.15, -0.1) is 0 Å². The third-order valence-corrected chi connectivity index (χ3v) is 6.31. The van der Waals surface area contributed by atoms with E-state index in [0.717, 1.165) is 52.9 Å². The lowest BCUT2D eigenvalue weighted by Gasteiger charge is -2.28. The Bertz CT molecular complexity index is 1090. The number of carbonyl (C=O) groups excluding carboxylic acids is 1. The molecule has 5 rings (SSSR count). The minimum atomic E-state index is 0.108. The van der Waals surface area contributed by atoms with E-state index in [4.69, 9.17) is 9.47 Å². The second kappa shape index (κ2) is 7.08. The van der Waals surface area contributed by atoms with Crippen molar-refractivity contribution in [2.24, 2.45) is 0 Å². The van der Waals surface area contributed by atoms with E-state index < -0.39 is 0 Å². The van der Waals surface area contributed by atoms with Gasteiger partial charge in [0.25, 0.3) is 5.91 Å². The van der Waals surface area contributed by atoms with Crippen LogP contribution in [-0.4, -0.2) is 33.3 Å². The fourth-order valence-electron chi connectivity index (χ4n) is 4.92. The Hall–Kier alpha value is -3.05. The highest BCUT2D eigenvalue weighted by Crippen LogP contribution is 2.37. The minimum absolute atomic E-state index is 0.108. The fraction of sp³-hybridized carbons (Fsp3) is 0.292. The van der Waals surface area contributed by atoms with Crippen LogP contribution in [0.2, 0.25) is 0 Å². The topological polar surface area (TPSA) is 43.2 Å². The molecule has 148 valence electrons. The quantitative estimate of drug-likeness (QED) is 0.729. The molecule has 0 saturated carbocycles. The van der Waals surface area contributed by atoms with Gasteiger partial charge in [0, 0.05) is 24.3 Å². The Labute approximate surface area is 170 Å². The number of hydrogen-bond acceptors (Lipinski definition) is 3. The number of likely N-dealkylation sites (tertiary alicyclic amines) is 1. The van der Waals surface area contributed by atoms with Gasteiger partial charge in [0.1, 0.15) is 17.5 Å². The van der Waals surface area contributed by atoms with Crippen molar-refractivity contribution in [1.29, 1.82) is 0 Å². The molecule has 1 fully saturated rings. The molecule has 0 spiro atoms. The SMILES string of the molecule is COc1ccc([C@@H]2CCC[NH+]2CN2C(=O)c3cccc4cccc2c34)c(OC)c1. The molecule has 29 heavy (non-hydrogen) atoms. The van der Waals surface area contributed by atoms with Crippen LogP contribution in [0.1, 0.15) is 34.8 Å². The second-order valence-corrected chi connectivity index (χ2v) is 7.78. The Morgan fingerprint density at radius 1 is 1.07 bits per heavy atom. The minimum Gasteiger partial charge on any atom is -0.497 e. The number of ether oxygens (including phenoxy) is 2. The van der Waals surface area contributed by atoms with Gasteiger partial charge in [-0.1, -0.05) is 24.3 Å². The van der Waals surface area contributed by atoms with Crippen LogP contribution in [-0.2, 0) is 0 Å². The van der Waals surface area contributed by atoms with Crippen molar-refractivity contribution < 1.29 is 19.2 Å². The number of methoxy groups -OCH3 is 2. The van der Waals surface area contributed by atoms with Gasteiger partial charge >= 0.3 is 0 Å². The molecule has 3 aromatic carbocycles. The van der Waals surface area contributed by atoms with Gasteiger partial charge in [0.05, 0.1) is 37.6 Å². The van der Waals surface area contributed by atoms with Crippen molar-refractivity contribution in [2.75, 3.05) is 32.3 Å². The summed E-state index contributed by atoms with van der Waals surface area (Å²) in [6.45, 7) is 1.70. The summed E-state index contributed by atoms with van der Waals surface area (Å²) < 4.78 is 11.0. The number of rotatable bonds is 5. The van der Waals surface area contributed by atoms with Crippen LogP contribution < -0.4 is 19.3 Å². The molecule has 0 aromatic heterocycles. The Kier molecular flexibility index (Phi) is 4.40. The average Bonchev–Trinajstić information content (AvgIpc) is 3.33. The molecule has 2 heterocycles. The van der Waals surface area contributed by atoms with Gasteiger partial charge < -0.3 is 14.4 Å². The van der Waals surface area contributed by atoms with Crippen LogP contribution >= 0.6 is 0 Å². The van der Waals surface area contributed by atoms with Crippen molar-refractivity contribution in [2.45, 2.75) is 18.9 Å². The summed E-state index contributed by atoms with van der Waals surface area (Å²) in [7, 11) is 3.37.